The fourth-order valence-electron chi connectivity index (χ4n) is 5.06. The Balaban J connectivity index is 0.00000561. The van der Waals surface area contributed by atoms with Gasteiger partial charge in [-0.2, -0.15) is 32.9 Å². The summed E-state index contributed by atoms with van der Waals surface area (Å²) < 4.78 is 185. The number of azo groups is 2. The van der Waals surface area contributed by atoms with E-state index in [1.807, 2.05) is 0 Å². The number of fused-ring (bicyclic) bond motifs is 1. The van der Waals surface area contributed by atoms with Crippen LogP contribution < -0.4 is 96.9 Å². The first-order valence-electron chi connectivity index (χ1n) is 16.6. The van der Waals surface area contributed by atoms with Gasteiger partial charge in [0.2, 0.25) is 11.9 Å². The summed E-state index contributed by atoms with van der Waals surface area (Å²) in [6, 6.07) is 6.98. The molecule has 67 heavy (non-hydrogen) atoms. The van der Waals surface area contributed by atoms with Crippen LogP contribution in [0.15, 0.2) is 107 Å². The number of benzene rings is 4. The largest absolute Gasteiger partial charge is 1.00 e. The number of anilines is 4. The van der Waals surface area contributed by atoms with Crippen molar-refractivity contribution >= 4 is 107 Å². The van der Waals surface area contributed by atoms with E-state index in [0.717, 1.165) is 41.8 Å². The second-order valence-corrected chi connectivity index (χ2v) is 19.7. The predicted molar refractivity (Wildman–Crippen MR) is 209 cm³/mol. The molecule has 5 aromatic rings. The number of nitrogens with two attached hydrogens (primary N) is 1. The molecule has 5 rings (SSSR count). The molecule has 0 spiro atoms. The fourth-order valence-corrected chi connectivity index (χ4v) is 7.99. The number of hydrogen-bond donors (Lipinski definition) is 4. The Morgan fingerprint density at radius 1 is 0.731 bits per heavy atom. The van der Waals surface area contributed by atoms with Crippen LogP contribution in [-0.4, -0.2) is 101 Å². The zero-order chi connectivity index (χ0) is 46.7. The number of nitrogens with zero attached hydrogens (tertiary/aromatic N) is 7. The van der Waals surface area contributed by atoms with Crippen molar-refractivity contribution in [1.82, 2.24) is 15.0 Å². The molecule has 4 aromatic carbocycles. The van der Waals surface area contributed by atoms with Gasteiger partial charge in [-0.05, 0) is 60.0 Å². The number of nitrogens with one attached hydrogen (secondary N) is 2. The second-order valence-electron chi connectivity index (χ2n) is 12.2. The number of rotatable bonds is 18. The van der Waals surface area contributed by atoms with Crippen molar-refractivity contribution in [2.75, 3.05) is 41.9 Å². The average Bonchev–Trinajstić information content (AvgIpc) is 3.17. The van der Waals surface area contributed by atoms with Crippen LogP contribution in [0.2, 0.25) is 0 Å². The molecule has 0 fully saturated rings. The van der Waals surface area contributed by atoms with Crippen LogP contribution in [0, 0.1) is 6.08 Å². The molecule has 0 amide bonds. The van der Waals surface area contributed by atoms with E-state index < -0.39 is 121 Å². The summed E-state index contributed by atoms with van der Waals surface area (Å²) in [5.41, 5.74) is 1.54. The third-order valence-corrected chi connectivity index (χ3v) is 12.6. The topological polar surface area (TPSA) is 431 Å². The van der Waals surface area contributed by atoms with Crippen LogP contribution in [0.5, 0.6) is 5.75 Å². The molecule has 26 nitrogen and oxygen atoms in total. The van der Waals surface area contributed by atoms with E-state index in [1.54, 1.807) is 0 Å². The van der Waals surface area contributed by atoms with E-state index in [1.165, 1.54) is 0 Å². The Bertz CT molecular complexity index is 3310. The monoisotopic (exact) mass is 1000 g/mol. The standard InChI is InChI=1S/C31H29FN10O16S5.4Li/c1-2-59(44,45)12-11-58-10-9-34-30-36-29(32)37-31(38-30)35-18-5-8-20(21(15-18)61(49,50)51)40-42-27-23(63(55,56)57)14-16-13-22(62(52,53)54)26(25(33)24(16)28(27)43)41-39-17-3-6-19(7-4-17)60(46,47)48;;;;/h2-8,13-15,43H,1,9-12,33H2,(H,46,47,48)(H,49,50,51)(H,52,53,54)(H,55,56,57)(H2,34,35,36,37,38);;;;/q;4*+1/p-4. The Hall–Kier alpha value is -3.84. The number of nitrogen functional groups attached to an aromatic ring is 1. The van der Waals surface area contributed by atoms with Crippen molar-refractivity contribution in [3.63, 3.8) is 0 Å². The fraction of sp³-hybridized carbons (Fsp3) is 0.129. The average molecular weight is 1000 g/mol. The van der Waals surface area contributed by atoms with Crippen molar-refractivity contribution in [3.8, 4) is 5.75 Å². The maximum Gasteiger partial charge on any atom is 1.00 e. The molecule has 0 bridgehead atoms. The van der Waals surface area contributed by atoms with Gasteiger partial charge in [-0.15, -0.1) is 15.3 Å². The third-order valence-electron chi connectivity index (χ3n) is 7.88. The minimum atomic E-state index is -5.56. The molecule has 36 heteroatoms. The molecule has 0 aliphatic heterocycles. The first-order valence-corrected chi connectivity index (χ1v) is 23.9. The van der Waals surface area contributed by atoms with Crippen LogP contribution >= 0.6 is 0 Å². The van der Waals surface area contributed by atoms with Crippen molar-refractivity contribution in [1.29, 1.82) is 0 Å². The van der Waals surface area contributed by atoms with Crippen molar-refractivity contribution < 1.29 is 150 Å². The van der Waals surface area contributed by atoms with Crippen molar-refractivity contribution in [3.05, 3.63) is 72.7 Å². The summed E-state index contributed by atoms with van der Waals surface area (Å²) in [7, 11) is -25.0. The minimum Gasteiger partial charge on any atom is -0.870 e. The third kappa shape index (κ3) is 16.1. The first-order chi connectivity index (χ1) is 29.2. The first kappa shape index (κ1) is 61.2. The van der Waals surface area contributed by atoms with Gasteiger partial charge >= 0.3 is 81.5 Å². The van der Waals surface area contributed by atoms with Gasteiger partial charge in [-0.25, -0.2) is 33.7 Å². The molecule has 0 saturated carbocycles. The summed E-state index contributed by atoms with van der Waals surface area (Å²) in [4.78, 5) is 6.27. The molecule has 1 heterocycles. The normalized spacial score (nSPS) is 12.1. The second kappa shape index (κ2) is 24.1. The Morgan fingerprint density at radius 3 is 1.88 bits per heavy atom. The maximum atomic E-state index is 14.3. The summed E-state index contributed by atoms with van der Waals surface area (Å²) in [5, 5.41) is 32.4. The molecule has 5 N–H and O–H groups in total. The molecule has 0 radical (unpaired) electrons. The molecular formula is C31H25FLi4N10O16S5. The van der Waals surface area contributed by atoms with Gasteiger partial charge in [0.05, 0.1) is 50.7 Å². The van der Waals surface area contributed by atoms with E-state index in [2.05, 4.69) is 52.6 Å². The molecular weight excluding hydrogens is 975 g/mol. The predicted octanol–water partition coefficient (Wildman–Crippen LogP) is -9.64. The smallest absolute Gasteiger partial charge is 0.870 e. The van der Waals surface area contributed by atoms with Gasteiger partial charge in [0.1, 0.15) is 46.6 Å². The van der Waals surface area contributed by atoms with Gasteiger partial charge in [-0.3, -0.25) is 4.55 Å². The van der Waals surface area contributed by atoms with Crippen LogP contribution in [0.4, 0.5) is 50.4 Å². The molecule has 0 aliphatic rings. The number of hydrogen-bond acceptors (Lipinski definition) is 25. The van der Waals surface area contributed by atoms with Crippen LogP contribution in [0.25, 0.3) is 10.8 Å². The van der Waals surface area contributed by atoms with Gasteiger partial charge in [0.15, 0.2) is 9.84 Å². The SMILES string of the molecule is C=CS(=O)(=O)CCOCCNc1nc(F)nc(Nc2ccc(N=Nc3c(S(=O)(=O)O)cc4cc(S(=O)(=O)[O-])c(N=Nc5ccc(S(=O)(=O)[O-])cc5)c(N)c4c3[O-])c(S(=O)(=O)[O-])c2)n1.[Li+].[Li+].[Li+].[Li+]. The van der Waals surface area contributed by atoms with Crippen LogP contribution in [-0.2, 0) is 55.0 Å². The molecule has 336 valence electrons. The zero-order valence-corrected chi connectivity index (χ0v) is 39.1. The Labute approximate surface area is 428 Å². The van der Waals surface area contributed by atoms with Gasteiger partial charge < -0.3 is 39.9 Å². The van der Waals surface area contributed by atoms with E-state index in [9.17, 15) is 69.8 Å². The van der Waals surface area contributed by atoms with Crippen molar-refractivity contribution in [2.24, 2.45) is 20.5 Å². The number of ether oxygens (including phenoxy) is 1. The number of sulfone groups is 1. The van der Waals surface area contributed by atoms with Crippen LogP contribution in [0.1, 0.15) is 0 Å². The van der Waals surface area contributed by atoms with Gasteiger partial charge in [0.25, 0.3) is 10.1 Å². The molecule has 0 atom stereocenters. The number of halogens is 1. The van der Waals surface area contributed by atoms with E-state index >= 15 is 0 Å². The summed E-state index contributed by atoms with van der Waals surface area (Å²) in [6.07, 6.45) is -1.33. The molecule has 1 aromatic heterocycles. The number of aromatic nitrogens is 3. The van der Waals surface area contributed by atoms with Crippen LogP contribution in [0.3, 0.4) is 0 Å². The van der Waals surface area contributed by atoms with Crippen molar-refractivity contribution in [2.45, 2.75) is 19.6 Å². The molecule has 0 aliphatic carbocycles. The Kier molecular flexibility index (Phi) is 22.0. The Morgan fingerprint density at radius 2 is 1.31 bits per heavy atom. The van der Waals surface area contributed by atoms with E-state index in [-0.39, 0.29) is 118 Å². The quantitative estimate of drug-likeness (QED) is 0.0208. The summed E-state index contributed by atoms with van der Waals surface area (Å²) in [5.74, 6) is -2.76. The van der Waals surface area contributed by atoms with Gasteiger partial charge in [-0.1, -0.05) is 12.3 Å². The summed E-state index contributed by atoms with van der Waals surface area (Å²) in [6.45, 7) is 2.87. The molecule has 0 saturated heterocycles. The summed E-state index contributed by atoms with van der Waals surface area (Å²) >= 11 is 0. The molecule has 0 unspecified atom stereocenters. The minimum absolute atomic E-state index is 0. The van der Waals surface area contributed by atoms with E-state index in [0.29, 0.717) is 18.2 Å². The zero-order valence-electron chi connectivity index (χ0n) is 35.0. The van der Waals surface area contributed by atoms with Gasteiger partial charge in [0, 0.05) is 23.0 Å². The maximum absolute atomic E-state index is 14.3. The van der Waals surface area contributed by atoms with E-state index in [4.69, 9.17) is 10.5 Å².